The summed E-state index contributed by atoms with van der Waals surface area (Å²) in [5.41, 5.74) is 10.7. The Morgan fingerprint density at radius 3 is 2.46 bits per heavy atom. The molecule has 1 aliphatic rings. The molecule has 3 heteroatoms. The number of nitrogens with zero attached hydrogens (tertiary/aromatic N) is 2. The third kappa shape index (κ3) is 2.42. The van der Waals surface area contributed by atoms with Crippen LogP contribution in [0.1, 0.15) is 25.0 Å². The maximum atomic E-state index is 5.49. The van der Waals surface area contributed by atoms with E-state index < -0.39 is 0 Å². The first kappa shape index (κ1) is 19.0. The number of oxazole rings is 1. The predicted molar refractivity (Wildman–Crippen MR) is 143 cm³/mol. The van der Waals surface area contributed by atoms with E-state index in [1.54, 1.807) is 0 Å². The highest BCUT2D eigenvalue weighted by Crippen LogP contribution is 2.50. The molecule has 0 unspecified atom stereocenters. The quantitative estimate of drug-likeness (QED) is 0.251. The van der Waals surface area contributed by atoms with E-state index in [-0.39, 0.29) is 5.41 Å². The van der Waals surface area contributed by atoms with Crippen molar-refractivity contribution in [3.8, 4) is 16.8 Å². The number of benzene rings is 5. The van der Waals surface area contributed by atoms with Crippen molar-refractivity contribution in [1.82, 2.24) is 9.55 Å². The molecule has 0 saturated carbocycles. The van der Waals surface area contributed by atoms with Gasteiger partial charge in [0, 0.05) is 21.9 Å². The smallest absolute Gasteiger partial charge is 0.181 e. The lowest BCUT2D eigenvalue weighted by Crippen LogP contribution is -2.14. The van der Waals surface area contributed by atoms with E-state index in [0.29, 0.717) is 0 Å². The van der Waals surface area contributed by atoms with Crippen molar-refractivity contribution >= 4 is 43.7 Å². The van der Waals surface area contributed by atoms with Gasteiger partial charge in [-0.1, -0.05) is 56.3 Å². The summed E-state index contributed by atoms with van der Waals surface area (Å²) in [4.78, 5) is 4.39. The predicted octanol–water partition coefficient (Wildman–Crippen LogP) is 8.38. The molecule has 0 spiro atoms. The number of hydrogen-bond donors (Lipinski definition) is 0. The third-order valence-corrected chi connectivity index (χ3v) is 7.90. The second kappa shape index (κ2) is 6.39. The summed E-state index contributed by atoms with van der Waals surface area (Å²) in [5, 5.41) is 5.07. The van der Waals surface area contributed by atoms with Crippen LogP contribution in [0.3, 0.4) is 0 Å². The highest BCUT2D eigenvalue weighted by atomic mass is 16.3. The average molecular weight is 451 g/mol. The van der Waals surface area contributed by atoms with E-state index in [1.807, 2.05) is 6.07 Å². The number of fused-ring (bicyclic) bond motifs is 8. The second-order valence-electron chi connectivity index (χ2n) is 10.1. The summed E-state index contributed by atoms with van der Waals surface area (Å²) in [7, 11) is 0. The Hall–Kier alpha value is -4.37. The molecule has 35 heavy (non-hydrogen) atoms. The molecule has 0 aliphatic heterocycles. The molecule has 0 N–H and O–H groups in total. The lowest BCUT2D eigenvalue weighted by atomic mass is 9.82. The minimum Gasteiger partial charge on any atom is -0.443 e. The lowest BCUT2D eigenvalue weighted by Gasteiger charge is -2.21. The van der Waals surface area contributed by atoms with Crippen LogP contribution in [-0.4, -0.2) is 9.55 Å². The number of aromatic nitrogens is 2. The van der Waals surface area contributed by atoms with Gasteiger partial charge in [0.2, 0.25) is 0 Å². The fraction of sp³-hybridized carbons (Fsp3) is 0.0938. The third-order valence-electron chi connectivity index (χ3n) is 7.90. The van der Waals surface area contributed by atoms with Crippen molar-refractivity contribution in [3.63, 3.8) is 0 Å². The van der Waals surface area contributed by atoms with Gasteiger partial charge in [-0.05, 0) is 81.6 Å². The molecule has 0 radical (unpaired) electrons. The zero-order valence-electron chi connectivity index (χ0n) is 19.5. The molecule has 7 aromatic rings. The van der Waals surface area contributed by atoms with Crippen LogP contribution >= 0.6 is 0 Å². The molecule has 0 bridgehead atoms. The first-order valence-electron chi connectivity index (χ1n) is 12.0. The topological polar surface area (TPSA) is 31.0 Å². The van der Waals surface area contributed by atoms with E-state index in [4.69, 9.17) is 4.42 Å². The molecule has 3 nitrogen and oxygen atoms in total. The summed E-state index contributed by atoms with van der Waals surface area (Å²) in [6.07, 6.45) is 1.51. The van der Waals surface area contributed by atoms with Crippen molar-refractivity contribution in [3.05, 3.63) is 109 Å². The van der Waals surface area contributed by atoms with Gasteiger partial charge in [-0.3, -0.25) is 0 Å². The van der Waals surface area contributed by atoms with Gasteiger partial charge in [0.1, 0.15) is 5.52 Å². The van der Waals surface area contributed by atoms with Crippen LogP contribution in [0.15, 0.2) is 102 Å². The van der Waals surface area contributed by atoms with Crippen LogP contribution in [0.2, 0.25) is 0 Å². The van der Waals surface area contributed by atoms with Crippen LogP contribution in [-0.2, 0) is 5.41 Å². The Bertz CT molecular complexity index is 1990. The summed E-state index contributed by atoms with van der Waals surface area (Å²) in [6, 6.07) is 33.3. The van der Waals surface area contributed by atoms with Gasteiger partial charge < -0.3 is 8.98 Å². The fourth-order valence-corrected chi connectivity index (χ4v) is 6.18. The molecule has 0 fully saturated rings. The van der Waals surface area contributed by atoms with Gasteiger partial charge in [-0.25, -0.2) is 4.98 Å². The van der Waals surface area contributed by atoms with Gasteiger partial charge >= 0.3 is 0 Å². The first-order valence-corrected chi connectivity index (χ1v) is 12.0. The minimum atomic E-state index is -0.00389. The van der Waals surface area contributed by atoms with Crippen LogP contribution in [0.25, 0.3) is 60.5 Å². The molecule has 0 amide bonds. The standard InChI is InChI=1S/C32H22N2O/c1-32(2)26-9-5-3-7-22(26)24-13-20-16-30-25(14-19(20)15-27(24)32)23-8-4-6-10-29(23)34(30)21-11-12-31-28(17-21)33-18-35-31/h3-18H,1-2H3. The average Bonchev–Trinajstić information content (AvgIpc) is 3.53. The minimum absolute atomic E-state index is 0.00389. The fourth-order valence-electron chi connectivity index (χ4n) is 6.18. The van der Waals surface area contributed by atoms with Gasteiger partial charge in [-0.15, -0.1) is 0 Å². The molecule has 8 rings (SSSR count). The number of para-hydroxylation sites is 1. The van der Waals surface area contributed by atoms with Gasteiger partial charge in [0.15, 0.2) is 12.0 Å². The first-order chi connectivity index (χ1) is 17.1. The van der Waals surface area contributed by atoms with E-state index in [2.05, 4.69) is 108 Å². The monoisotopic (exact) mass is 450 g/mol. The maximum absolute atomic E-state index is 5.49. The van der Waals surface area contributed by atoms with E-state index in [9.17, 15) is 0 Å². The zero-order valence-corrected chi connectivity index (χ0v) is 19.5. The van der Waals surface area contributed by atoms with Crippen molar-refractivity contribution < 1.29 is 4.42 Å². The van der Waals surface area contributed by atoms with Crippen molar-refractivity contribution in [2.75, 3.05) is 0 Å². The summed E-state index contributed by atoms with van der Waals surface area (Å²) < 4.78 is 7.84. The number of hydrogen-bond acceptors (Lipinski definition) is 2. The van der Waals surface area contributed by atoms with E-state index >= 15 is 0 Å². The van der Waals surface area contributed by atoms with Crippen LogP contribution in [0.5, 0.6) is 0 Å². The largest absolute Gasteiger partial charge is 0.443 e. The molecular weight excluding hydrogens is 428 g/mol. The van der Waals surface area contributed by atoms with E-state index in [1.165, 1.54) is 61.2 Å². The Morgan fingerprint density at radius 1 is 0.686 bits per heavy atom. The van der Waals surface area contributed by atoms with Gasteiger partial charge in [-0.2, -0.15) is 0 Å². The molecule has 0 saturated heterocycles. The van der Waals surface area contributed by atoms with E-state index in [0.717, 1.165) is 16.8 Å². The molecule has 5 aromatic carbocycles. The summed E-state index contributed by atoms with van der Waals surface area (Å²) in [6.45, 7) is 4.68. The van der Waals surface area contributed by atoms with Crippen LogP contribution < -0.4 is 0 Å². The van der Waals surface area contributed by atoms with Gasteiger partial charge in [0.25, 0.3) is 0 Å². The van der Waals surface area contributed by atoms with Crippen molar-refractivity contribution in [2.24, 2.45) is 0 Å². The highest BCUT2D eigenvalue weighted by Gasteiger charge is 2.35. The second-order valence-corrected chi connectivity index (χ2v) is 10.1. The van der Waals surface area contributed by atoms with Gasteiger partial charge in [0.05, 0.1) is 11.0 Å². The number of rotatable bonds is 1. The van der Waals surface area contributed by atoms with Crippen molar-refractivity contribution in [2.45, 2.75) is 19.3 Å². The molecular formula is C32H22N2O. The normalized spacial score (nSPS) is 14.2. The van der Waals surface area contributed by atoms with Crippen molar-refractivity contribution in [1.29, 1.82) is 0 Å². The molecule has 2 heterocycles. The Balaban J connectivity index is 1.48. The SMILES string of the molecule is CC1(C)c2ccccc2-c2cc3cc4c(cc3cc21)c1ccccc1n4-c1ccc2ocnc2c1. The maximum Gasteiger partial charge on any atom is 0.181 e. The molecule has 166 valence electrons. The van der Waals surface area contributed by atoms with Crippen LogP contribution in [0.4, 0.5) is 0 Å². The molecule has 1 aliphatic carbocycles. The Morgan fingerprint density at radius 2 is 1.51 bits per heavy atom. The Kier molecular flexibility index (Phi) is 3.47. The lowest BCUT2D eigenvalue weighted by molar-refractivity contribution is 0.602. The van der Waals surface area contributed by atoms with Crippen LogP contribution in [0, 0.1) is 0 Å². The zero-order chi connectivity index (χ0) is 23.3. The Labute approximate surface area is 202 Å². The molecule has 0 atom stereocenters. The summed E-state index contributed by atoms with van der Waals surface area (Å²) in [5.74, 6) is 0. The molecule has 2 aromatic heterocycles. The summed E-state index contributed by atoms with van der Waals surface area (Å²) >= 11 is 0. The highest BCUT2D eigenvalue weighted by molar-refractivity contribution is 6.14.